The van der Waals surface area contributed by atoms with Crippen molar-refractivity contribution >= 4 is 32.7 Å². The zero-order valence-electron chi connectivity index (χ0n) is 18.8. The molecule has 0 saturated heterocycles. The van der Waals surface area contributed by atoms with Crippen LogP contribution in [-0.4, -0.2) is 0 Å². The van der Waals surface area contributed by atoms with Crippen LogP contribution in [-0.2, 0) is 0 Å². The van der Waals surface area contributed by atoms with Gasteiger partial charge in [-0.25, -0.2) is 0 Å². The minimum absolute atomic E-state index is 0.915. The Balaban J connectivity index is 1.61. The normalized spacial score (nSPS) is 12.0. The molecule has 4 aromatic carbocycles. The van der Waals surface area contributed by atoms with E-state index in [2.05, 4.69) is 131 Å². The van der Waals surface area contributed by atoms with Crippen LogP contribution in [0.25, 0.3) is 66.4 Å². The SMILES string of the molecule is c1ccc2c(c1)-c1ccc3c(oc4ccc5ccccc5c43)c1-c1cccc[n+]1-[n+]1ccccc1-2. The van der Waals surface area contributed by atoms with E-state index in [1.54, 1.807) is 0 Å². The van der Waals surface area contributed by atoms with E-state index in [9.17, 15) is 0 Å². The number of hydrogen-bond acceptors (Lipinski definition) is 1. The fraction of sp³-hybridized carbons (Fsp3) is 0. The molecule has 162 valence electrons. The monoisotopic (exact) mass is 448 g/mol. The Morgan fingerprint density at radius 1 is 0.486 bits per heavy atom. The molecule has 0 radical (unpaired) electrons. The molecule has 0 saturated carbocycles. The second-order valence-corrected chi connectivity index (χ2v) is 9.03. The molecule has 7 aromatic rings. The van der Waals surface area contributed by atoms with Gasteiger partial charge in [-0.05, 0) is 46.7 Å². The fourth-order valence-corrected chi connectivity index (χ4v) is 5.69. The van der Waals surface area contributed by atoms with Gasteiger partial charge in [0, 0.05) is 40.6 Å². The summed E-state index contributed by atoms with van der Waals surface area (Å²) in [5, 5.41) is 4.75. The maximum absolute atomic E-state index is 6.69. The highest BCUT2D eigenvalue weighted by atomic mass is 16.3. The summed E-state index contributed by atoms with van der Waals surface area (Å²) in [7, 11) is 0. The molecule has 3 aromatic heterocycles. The van der Waals surface area contributed by atoms with Crippen LogP contribution >= 0.6 is 0 Å². The molecule has 0 unspecified atom stereocenters. The van der Waals surface area contributed by atoms with Crippen LogP contribution in [0.1, 0.15) is 0 Å². The molecule has 0 aliphatic carbocycles. The maximum Gasteiger partial charge on any atom is 0.288 e. The first-order valence-electron chi connectivity index (χ1n) is 11.9. The van der Waals surface area contributed by atoms with Gasteiger partial charge in [0.05, 0.1) is 14.9 Å². The van der Waals surface area contributed by atoms with Crippen molar-refractivity contribution in [2.45, 2.75) is 0 Å². The van der Waals surface area contributed by atoms with Crippen LogP contribution in [0.5, 0.6) is 0 Å². The van der Waals surface area contributed by atoms with E-state index in [0.29, 0.717) is 0 Å². The molecule has 3 heteroatoms. The van der Waals surface area contributed by atoms with E-state index in [-0.39, 0.29) is 0 Å². The van der Waals surface area contributed by atoms with Crippen LogP contribution in [0.3, 0.4) is 0 Å². The fourth-order valence-electron chi connectivity index (χ4n) is 5.69. The maximum atomic E-state index is 6.69. The quantitative estimate of drug-likeness (QED) is 0.230. The van der Waals surface area contributed by atoms with E-state index in [1.165, 1.54) is 32.8 Å². The minimum atomic E-state index is 0.915. The first-order chi connectivity index (χ1) is 17.4. The lowest BCUT2D eigenvalue weighted by Crippen LogP contribution is -2.68. The summed E-state index contributed by atoms with van der Waals surface area (Å²) in [6, 6.07) is 38.6. The predicted octanol–water partition coefficient (Wildman–Crippen LogP) is 6.94. The first-order valence-corrected chi connectivity index (χ1v) is 11.9. The van der Waals surface area contributed by atoms with Gasteiger partial charge in [-0.1, -0.05) is 54.6 Å². The zero-order valence-corrected chi connectivity index (χ0v) is 18.8. The van der Waals surface area contributed by atoms with Crippen molar-refractivity contribution in [3.8, 4) is 33.6 Å². The van der Waals surface area contributed by atoms with E-state index in [4.69, 9.17) is 4.42 Å². The molecule has 0 amide bonds. The van der Waals surface area contributed by atoms with Crippen molar-refractivity contribution in [1.82, 2.24) is 0 Å². The van der Waals surface area contributed by atoms with Gasteiger partial charge in [0.2, 0.25) is 12.4 Å². The van der Waals surface area contributed by atoms with Crippen molar-refractivity contribution in [1.29, 1.82) is 0 Å². The van der Waals surface area contributed by atoms with Crippen LogP contribution < -0.4 is 9.35 Å². The van der Waals surface area contributed by atoms with Crippen molar-refractivity contribution in [3.63, 3.8) is 0 Å². The Labute approximate surface area is 201 Å². The van der Waals surface area contributed by atoms with E-state index >= 15 is 0 Å². The van der Waals surface area contributed by atoms with Gasteiger partial charge in [-0.3, -0.25) is 0 Å². The molecule has 0 atom stereocenters. The molecule has 0 bridgehead atoms. The van der Waals surface area contributed by atoms with Gasteiger partial charge in [0.1, 0.15) is 16.7 Å². The largest absolute Gasteiger partial charge is 0.455 e. The highest BCUT2D eigenvalue weighted by Gasteiger charge is 2.34. The third-order valence-electron chi connectivity index (χ3n) is 7.19. The predicted molar refractivity (Wildman–Crippen MR) is 139 cm³/mol. The molecule has 35 heavy (non-hydrogen) atoms. The summed E-state index contributed by atoms with van der Waals surface area (Å²) in [5.41, 5.74) is 8.73. The van der Waals surface area contributed by atoms with E-state index in [0.717, 1.165) is 33.5 Å². The Morgan fingerprint density at radius 2 is 1.20 bits per heavy atom. The lowest BCUT2D eigenvalue weighted by Gasteiger charge is -2.14. The molecule has 1 aliphatic heterocycles. The molecular formula is C32H20N2O+2. The highest BCUT2D eigenvalue weighted by molar-refractivity contribution is 6.21. The number of fused-ring (bicyclic) bond motifs is 14. The molecular weight excluding hydrogens is 428 g/mol. The lowest BCUT2D eigenvalue weighted by atomic mass is 9.90. The molecule has 1 aliphatic rings. The Kier molecular flexibility index (Phi) is 3.66. The summed E-state index contributed by atoms with van der Waals surface area (Å²) in [6.07, 6.45) is 4.24. The third-order valence-corrected chi connectivity index (χ3v) is 7.19. The Hall–Kier alpha value is -4.76. The van der Waals surface area contributed by atoms with Gasteiger partial charge in [-0.15, -0.1) is 0 Å². The van der Waals surface area contributed by atoms with Gasteiger partial charge >= 0.3 is 0 Å². The number of benzene rings is 4. The average Bonchev–Trinajstić information content (AvgIpc) is 3.31. The zero-order chi connectivity index (χ0) is 22.9. The number of pyridine rings is 2. The molecule has 0 fully saturated rings. The standard InChI is InChI=1S/C32H20N2O/c1-2-10-22-21(9-1)15-18-29-30(22)26-17-16-25-23-11-3-4-12-24(23)27-13-5-7-19-33(27)34-20-8-6-14-28(34)31(25)32(26)35-29/h1-20H/q+2. The number of aromatic nitrogens is 2. The third kappa shape index (κ3) is 2.50. The van der Waals surface area contributed by atoms with E-state index < -0.39 is 0 Å². The first kappa shape index (κ1) is 18.6. The smallest absolute Gasteiger partial charge is 0.288 e. The topological polar surface area (TPSA) is 20.9 Å². The molecule has 8 rings (SSSR count). The van der Waals surface area contributed by atoms with Gasteiger partial charge < -0.3 is 4.42 Å². The van der Waals surface area contributed by atoms with Crippen molar-refractivity contribution in [3.05, 3.63) is 122 Å². The molecule has 3 nitrogen and oxygen atoms in total. The second-order valence-electron chi connectivity index (χ2n) is 9.03. The summed E-state index contributed by atoms with van der Waals surface area (Å²) < 4.78 is 11.1. The lowest BCUT2D eigenvalue weighted by molar-refractivity contribution is -1.29. The van der Waals surface area contributed by atoms with Crippen LogP contribution in [0.4, 0.5) is 0 Å². The van der Waals surface area contributed by atoms with Crippen molar-refractivity contribution < 1.29 is 13.8 Å². The summed E-state index contributed by atoms with van der Waals surface area (Å²) in [4.78, 5) is 0. The highest BCUT2D eigenvalue weighted by Crippen LogP contribution is 2.45. The number of rotatable bonds is 0. The van der Waals surface area contributed by atoms with Crippen molar-refractivity contribution in [2.24, 2.45) is 0 Å². The Morgan fingerprint density at radius 3 is 2.09 bits per heavy atom. The average molecular weight is 449 g/mol. The summed E-state index contributed by atoms with van der Waals surface area (Å²) in [5.74, 6) is 0. The molecule has 0 spiro atoms. The van der Waals surface area contributed by atoms with Crippen LogP contribution in [0.15, 0.2) is 126 Å². The Bertz CT molecular complexity index is 1960. The van der Waals surface area contributed by atoms with Gasteiger partial charge in [0.25, 0.3) is 11.4 Å². The summed E-state index contributed by atoms with van der Waals surface area (Å²) >= 11 is 0. The van der Waals surface area contributed by atoms with Crippen LogP contribution in [0, 0.1) is 0 Å². The molecule has 4 heterocycles. The number of nitrogens with zero attached hydrogens (tertiary/aromatic N) is 2. The molecule has 0 N–H and O–H groups in total. The minimum Gasteiger partial charge on any atom is -0.455 e. The number of furan rings is 1. The van der Waals surface area contributed by atoms with E-state index in [1.807, 2.05) is 0 Å². The van der Waals surface area contributed by atoms with Crippen molar-refractivity contribution in [2.75, 3.05) is 0 Å². The summed E-state index contributed by atoms with van der Waals surface area (Å²) in [6.45, 7) is 0. The number of hydrogen-bond donors (Lipinski definition) is 0. The van der Waals surface area contributed by atoms with Crippen LogP contribution in [0.2, 0.25) is 0 Å². The van der Waals surface area contributed by atoms with Gasteiger partial charge in [-0.2, -0.15) is 0 Å². The van der Waals surface area contributed by atoms with Gasteiger partial charge in [0.15, 0.2) is 0 Å². The second kappa shape index (κ2) is 6.87.